The molecule has 3 nitrogen and oxygen atoms in total. The first-order valence-corrected chi connectivity index (χ1v) is 8.45. The van der Waals surface area contributed by atoms with E-state index in [1.165, 1.54) is 11.1 Å². The van der Waals surface area contributed by atoms with E-state index in [9.17, 15) is 0 Å². The molecular formula is C21H22N2O. The van der Waals surface area contributed by atoms with Gasteiger partial charge in [0.2, 0.25) is 0 Å². The van der Waals surface area contributed by atoms with Gasteiger partial charge in [-0.05, 0) is 49.6 Å². The molecule has 1 aromatic carbocycles. The highest BCUT2D eigenvalue weighted by molar-refractivity contribution is 6.03. The predicted octanol–water partition coefficient (Wildman–Crippen LogP) is 5.30. The van der Waals surface area contributed by atoms with E-state index >= 15 is 0 Å². The van der Waals surface area contributed by atoms with Crippen LogP contribution in [0.5, 0.6) is 0 Å². The maximum atomic E-state index is 6.26. The number of aromatic nitrogens is 1. The van der Waals surface area contributed by atoms with E-state index in [4.69, 9.17) is 4.42 Å². The number of pyridine rings is 1. The largest absolute Gasteiger partial charge is 0.454 e. The van der Waals surface area contributed by atoms with Crippen molar-refractivity contribution in [2.75, 3.05) is 7.05 Å². The van der Waals surface area contributed by atoms with Crippen LogP contribution in [0.15, 0.2) is 58.8 Å². The molecule has 4 rings (SSSR count). The highest BCUT2D eigenvalue weighted by Crippen LogP contribution is 2.41. The summed E-state index contributed by atoms with van der Waals surface area (Å²) in [5, 5.41) is 1.08. The molecule has 24 heavy (non-hydrogen) atoms. The normalized spacial score (nSPS) is 20.8. The molecule has 0 bridgehead atoms. The van der Waals surface area contributed by atoms with Gasteiger partial charge >= 0.3 is 0 Å². The summed E-state index contributed by atoms with van der Waals surface area (Å²) < 4.78 is 6.26. The smallest absolute Gasteiger partial charge is 0.160 e. The Morgan fingerprint density at radius 2 is 2.04 bits per heavy atom. The molecule has 0 saturated heterocycles. The summed E-state index contributed by atoms with van der Waals surface area (Å²) in [6.45, 7) is 6.56. The summed E-state index contributed by atoms with van der Waals surface area (Å²) in [4.78, 5) is 6.92. The molecule has 1 aliphatic rings. The van der Waals surface area contributed by atoms with Crippen LogP contribution < -0.4 is 0 Å². The van der Waals surface area contributed by atoms with E-state index < -0.39 is 0 Å². The van der Waals surface area contributed by atoms with Crippen LogP contribution in [0.4, 0.5) is 0 Å². The molecule has 3 heteroatoms. The minimum atomic E-state index is -0.251. The Kier molecular flexibility index (Phi) is 3.27. The Morgan fingerprint density at radius 1 is 1.25 bits per heavy atom. The molecule has 1 aliphatic heterocycles. The van der Waals surface area contributed by atoms with Crippen molar-refractivity contribution in [3.05, 3.63) is 65.5 Å². The molecule has 3 aromatic rings. The zero-order chi connectivity index (χ0) is 16.9. The van der Waals surface area contributed by atoms with E-state index in [0.717, 1.165) is 34.1 Å². The van der Waals surface area contributed by atoms with Crippen LogP contribution in [0.2, 0.25) is 0 Å². The molecule has 3 heterocycles. The van der Waals surface area contributed by atoms with Crippen molar-refractivity contribution in [2.24, 2.45) is 0 Å². The molecule has 0 saturated carbocycles. The zero-order valence-corrected chi connectivity index (χ0v) is 14.6. The second-order valence-corrected chi connectivity index (χ2v) is 6.74. The second-order valence-electron chi connectivity index (χ2n) is 6.74. The predicted molar refractivity (Wildman–Crippen MR) is 98.9 cm³/mol. The van der Waals surface area contributed by atoms with Gasteiger partial charge in [-0.25, -0.2) is 0 Å². The quantitative estimate of drug-likeness (QED) is 0.642. The Morgan fingerprint density at radius 3 is 2.83 bits per heavy atom. The average molecular weight is 318 g/mol. The van der Waals surface area contributed by atoms with Crippen LogP contribution in [0, 0.1) is 6.92 Å². The lowest BCUT2D eigenvalue weighted by molar-refractivity contribution is 0.258. The molecule has 2 aromatic heterocycles. The van der Waals surface area contributed by atoms with Crippen molar-refractivity contribution in [3.8, 4) is 0 Å². The van der Waals surface area contributed by atoms with Crippen LogP contribution >= 0.6 is 0 Å². The van der Waals surface area contributed by atoms with Gasteiger partial charge in [-0.3, -0.25) is 4.98 Å². The first-order chi connectivity index (χ1) is 11.5. The summed E-state index contributed by atoms with van der Waals surface area (Å²) in [5.74, 6) is 0. The molecule has 1 atom stereocenters. The number of rotatable bonds is 2. The van der Waals surface area contributed by atoms with Gasteiger partial charge in [0.25, 0.3) is 0 Å². The van der Waals surface area contributed by atoms with Crippen LogP contribution in [0.25, 0.3) is 22.1 Å². The molecule has 0 spiro atoms. The summed E-state index contributed by atoms with van der Waals surface area (Å²) in [6.07, 6.45) is 9.69. The molecule has 122 valence electrons. The third kappa shape index (κ3) is 2.01. The Labute approximate surface area is 142 Å². The number of allylic oxidation sites excluding steroid dienone is 2. The van der Waals surface area contributed by atoms with Gasteiger partial charge in [0.05, 0.1) is 5.54 Å². The Hall–Kier alpha value is -2.55. The lowest BCUT2D eigenvalue weighted by atomic mass is 9.83. The SMILES string of the molecule is CCC1=CC(C)(c2c(C)cnc3c2oc2ccccc23)N(C)C=C1. The number of fused-ring (bicyclic) bond motifs is 3. The van der Waals surface area contributed by atoms with Gasteiger partial charge in [-0.15, -0.1) is 0 Å². The summed E-state index contributed by atoms with van der Waals surface area (Å²) in [6, 6.07) is 8.12. The fourth-order valence-corrected chi connectivity index (χ4v) is 3.71. The minimum Gasteiger partial charge on any atom is -0.454 e. The van der Waals surface area contributed by atoms with Crippen molar-refractivity contribution in [3.63, 3.8) is 0 Å². The van der Waals surface area contributed by atoms with Gasteiger partial charge < -0.3 is 9.32 Å². The van der Waals surface area contributed by atoms with E-state index in [1.807, 2.05) is 24.4 Å². The number of para-hydroxylation sites is 1. The van der Waals surface area contributed by atoms with E-state index in [2.05, 4.69) is 62.1 Å². The van der Waals surface area contributed by atoms with Crippen LogP contribution in [-0.2, 0) is 5.54 Å². The number of hydrogen-bond acceptors (Lipinski definition) is 3. The van der Waals surface area contributed by atoms with Crippen molar-refractivity contribution in [2.45, 2.75) is 32.7 Å². The summed E-state index contributed by atoms with van der Waals surface area (Å²) in [7, 11) is 2.12. The van der Waals surface area contributed by atoms with Crippen LogP contribution in [-0.4, -0.2) is 16.9 Å². The standard InChI is InChI=1S/C21H22N2O/c1-5-15-10-11-23(4)21(3,12-15)18-14(2)13-22-19-16-8-6-7-9-17(16)24-20(18)19/h6-13H,5H2,1-4H3. The highest BCUT2D eigenvalue weighted by Gasteiger charge is 2.35. The molecule has 0 fully saturated rings. The molecule has 0 amide bonds. The topological polar surface area (TPSA) is 29.3 Å². The monoisotopic (exact) mass is 318 g/mol. The maximum absolute atomic E-state index is 6.26. The molecule has 1 unspecified atom stereocenters. The first kappa shape index (κ1) is 15.0. The van der Waals surface area contributed by atoms with Gasteiger partial charge in [-0.2, -0.15) is 0 Å². The van der Waals surface area contributed by atoms with E-state index in [1.54, 1.807) is 0 Å². The second kappa shape index (κ2) is 5.23. The van der Waals surface area contributed by atoms with Crippen molar-refractivity contribution < 1.29 is 4.42 Å². The molecule has 0 N–H and O–H groups in total. The maximum Gasteiger partial charge on any atom is 0.160 e. The molecular weight excluding hydrogens is 296 g/mol. The van der Waals surface area contributed by atoms with E-state index in [-0.39, 0.29) is 5.54 Å². The van der Waals surface area contributed by atoms with Gasteiger partial charge in [-0.1, -0.05) is 25.1 Å². The van der Waals surface area contributed by atoms with E-state index in [0.29, 0.717) is 0 Å². The summed E-state index contributed by atoms with van der Waals surface area (Å²) >= 11 is 0. The van der Waals surface area contributed by atoms with Gasteiger partial charge in [0.1, 0.15) is 11.1 Å². The number of aryl methyl sites for hydroxylation is 1. The van der Waals surface area contributed by atoms with Crippen molar-refractivity contribution in [1.29, 1.82) is 0 Å². The number of likely N-dealkylation sites (N-methyl/N-ethyl adjacent to an activating group) is 1. The third-order valence-corrected chi connectivity index (χ3v) is 5.20. The van der Waals surface area contributed by atoms with Gasteiger partial charge in [0.15, 0.2) is 5.58 Å². The summed E-state index contributed by atoms with van der Waals surface area (Å²) in [5.41, 5.74) is 6.17. The number of furan rings is 1. The van der Waals surface area contributed by atoms with Gasteiger partial charge in [0, 0.05) is 30.4 Å². The number of benzene rings is 1. The average Bonchev–Trinajstić information content (AvgIpc) is 2.95. The lowest BCUT2D eigenvalue weighted by Crippen LogP contribution is -2.38. The molecule has 0 radical (unpaired) electrons. The number of nitrogens with zero attached hydrogens (tertiary/aromatic N) is 2. The third-order valence-electron chi connectivity index (χ3n) is 5.20. The van der Waals surface area contributed by atoms with Crippen LogP contribution in [0.3, 0.4) is 0 Å². The Bertz CT molecular complexity index is 996. The fraction of sp³-hybridized carbons (Fsp3) is 0.286. The molecule has 0 aliphatic carbocycles. The minimum absolute atomic E-state index is 0.251. The fourth-order valence-electron chi connectivity index (χ4n) is 3.71. The van der Waals surface area contributed by atoms with Crippen LogP contribution in [0.1, 0.15) is 31.4 Å². The van der Waals surface area contributed by atoms with Crippen molar-refractivity contribution >= 4 is 22.1 Å². The van der Waals surface area contributed by atoms with Crippen molar-refractivity contribution in [1.82, 2.24) is 9.88 Å². The highest BCUT2D eigenvalue weighted by atomic mass is 16.3. The Balaban J connectivity index is 2.07. The lowest BCUT2D eigenvalue weighted by Gasteiger charge is -2.40. The zero-order valence-electron chi connectivity index (χ0n) is 14.6. The number of hydrogen-bond donors (Lipinski definition) is 0. The first-order valence-electron chi connectivity index (χ1n) is 8.45.